The molecule has 1 aromatic carbocycles. The Balaban J connectivity index is 2.13. The van der Waals surface area contributed by atoms with Gasteiger partial charge in [0.1, 0.15) is 11.4 Å². The van der Waals surface area contributed by atoms with Gasteiger partial charge in [0.15, 0.2) is 5.82 Å². The molecular weight excluding hydrogens is 341 g/mol. The van der Waals surface area contributed by atoms with Gasteiger partial charge in [-0.3, -0.25) is 9.48 Å². The molecule has 2 aromatic rings. The molecule has 0 N–H and O–H groups in total. The summed E-state index contributed by atoms with van der Waals surface area (Å²) in [5.74, 6) is -0.190. The lowest BCUT2D eigenvalue weighted by atomic mass is 10.3. The number of aromatic nitrogens is 2. The van der Waals surface area contributed by atoms with E-state index >= 15 is 0 Å². The molecule has 0 aliphatic carbocycles. The third kappa shape index (κ3) is 3.25. The molecule has 0 bridgehead atoms. The van der Waals surface area contributed by atoms with E-state index in [1.165, 1.54) is 16.8 Å². The molecule has 0 spiro atoms. The first kappa shape index (κ1) is 16.0. The molecule has 5 nitrogen and oxygen atoms in total. The first-order chi connectivity index (χ1) is 11.0. The third-order valence-electron chi connectivity index (χ3n) is 3.18. The van der Waals surface area contributed by atoms with Crippen molar-refractivity contribution >= 4 is 34.8 Å². The number of fused-ring (bicyclic) bond motifs is 1. The summed E-state index contributed by atoms with van der Waals surface area (Å²) in [6.45, 7) is 4.34. The van der Waals surface area contributed by atoms with Crippen molar-refractivity contribution in [3.63, 3.8) is 0 Å². The molecule has 8 heteroatoms. The zero-order valence-electron chi connectivity index (χ0n) is 12.6. The first-order valence-electron chi connectivity index (χ1n) is 7.15. The van der Waals surface area contributed by atoms with Crippen molar-refractivity contribution in [1.29, 1.82) is 0 Å². The topological polar surface area (TPSA) is 48.5 Å². The summed E-state index contributed by atoms with van der Waals surface area (Å²) in [6.07, 6.45) is 4.32. The normalized spacial score (nSPS) is 14.4. The second-order valence-electron chi connectivity index (χ2n) is 5.30. The van der Waals surface area contributed by atoms with Crippen molar-refractivity contribution in [2.24, 2.45) is 4.99 Å². The van der Waals surface area contributed by atoms with E-state index in [0.29, 0.717) is 17.1 Å². The average molecular weight is 356 g/mol. The van der Waals surface area contributed by atoms with E-state index in [9.17, 15) is 9.18 Å². The van der Waals surface area contributed by atoms with E-state index in [0.717, 1.165) is 17.8 Å². The van der Waals surface area contributed by atoms with Crippen molar-refractivity contribution in [2.45, 2.75) is 32.9 Å². The Labute approximate surface area is 140 Å². The van der Waals surface area contributed by atoms with Gasteiger partial charge in [-0.1, -0.05) is 17.7 Å². The Kier molecular flexibility index (Phi) is 4.41. The maximum atomic E-state index is 14.2. The minimum absolute atomic E-state index is 0.0939. The zero-order chi connectivity index (χ0) is 16.6. The SMILES string of the molecule is CC(C)Oc1cc(N=c2sc(=O)n3n2CCC=C3)c(F)cc1Cl. The maximum absolute atomic E-state index is 14.2. The zero-order valence-corrected chi connectivity index (χ0v) is 14.2. The molecule has 0 saturated heterocycles. The molecule has 0 radical (unpaired) electrons. The van der Waals surface area contributed by atoms with Crippen molar-refractivity contribution in [1.82, 2.24) is 9.36 Å². The van der Waals surface area contributed by atoms with Crippen LogP contribution in [0.1, 0.15) is 20.3 Å². The lowest BCUT2D eigenvalue weighted by Gasteiger charge is -2.12. The molecule has 1 aromatic heterocycles. The van der Waals surface area contributed by atoms with Crippen molar-refractivity contribution in [3.8, 4) is 5.75 Å². The molecule has 0 saturated carbocycles. The maximum Gasteiger partial charge on any atom is 0.329 e. The number of hydrogen-bond acceptors (Lipinski definition) is 4. The first-order valence-corrected chi connectivity index (χ1v) is 8.34. The van der Waals surface area contributed by atoms with Crippen LogP contribution in [0.15, 0.2) is 28.0 Å². The minimum atomic E-state index is -0.558. The number of hydrogen-bond donors (Lipinski definition) is 0. The van der Waals surface area contributed by atoms with Gasteiger partial charge in [0.25, 0.3) is 0 Å². The highest BCUT2D eigenvalue weighted by molar-refractivity contribution is 7.06. The second-order valence-corrected chi connectivity index (χ2v) is 6.63. The smallest absolute Gasteiger partial charge is 0.329 e. The predicted molar refractivity (Wildman–Crippen MR) is 88.9 cm³/mol. The highest BCUT2D eigenvalue weighted by Gasteiger charge is 2.13. The van der Waals surface area contributed by atoms with Gasteiger partial charge >= 0.3 is 4.87 Å². The summed E-state index contributed by atoms with van der Waals surface area (Å²) in [5, 5.41) is 0.192. The number of rotatable bonds is 3. The summed E-state index contributed by atoms with van der Waals surface area (Å²) in [4.78, 5) is 16.5. The van der Waals surface area contributed by atoms with Gasteiger partial charge in [-0.05, 0) is 37.7 Å². The van der Waals surface area contributed by atoms with Crippen LogP contribution in [-0.4, -0.2) is 15.5 Å². The second kappa shape index (κ2) is 6.33. The Morgan fingerprint density at radius 2 is 2.22 bits per heavy atom. The predicted octanol–water partition coefficient (Wildman–Crippen LogP) is 3.40. The molecular formula is C15H15ClFN3O2S. The van der Waals surface area contributed by atoms with Crippen LogP contribution in [0.25, 0.3) is 6.20 Å². The third-order valence-corrected chi connectivity index (χ3v) is 4.32. The summed E-state index contributed by atoms with van der Waals surface area (Å²) in [7, 11) is 0. The van der Waals surface area contributed by atoms with Gasteiger partial charge in [-0.15, -0.1) is 0 Å². The lowest BCUT2D eigenvalue weighted by Crippen LogP contribution is -2.26. The number of ether oxygens (including phenoxy) is 1. The minimum Gasteiger partial charge on any atom is -0.489 e. The fourth-order valence-electron chi connectivity index (χ4n) is 2.22. The van der Waals surface area contributed by atoms with E-state index in [2.05, 4.69) is 4.99 Å². The molecule has 122 valence electrons. The number of benzene rings is 1. The van der Waals surface area contributed by atoms with E-state index in [1.807, 2.05) is 19.9 Å². The van der Waals surface area contributed by atoms with Gasteiger partial charge in [0, 0.05) is 18.8 Å². The van der Waals surface area contributed by atoms with Crippen LogP contribution in [0.5, 0.6) is 5.75 Å². The van der Waals surface area contributed by atoms with Gasteiger partial charge in [-0.25, -0.2) is 14.1 Å². The Morgan fingerprint density at radius 3 is 2.96 bits per heavy atom. The fourth-order valence-corrected chi connectivity index (χ4v) is 3.25. The van der Waals surface area contributed by atoms with E-state index < -0.39 is 5.82 Å². The molecule has 1 aliphatic rings. The summed E-state index contributed by atoms with van der Waals surface area (Å²) < 4.78 is 22.9. The summed E-state index contributed by atoms with van der Waals surface area (Å²) in [5.41, 5.74) is 0.0942. The summed E-state index contributed by atoms with van der Waals surface area (Å²) in [6, 6.07) is 2.63. The lowest BCUT2D eigenvalue weighted by molar-refractivity contribution is 0.242. The number of nitrogens with zero attached hydrogens (tertiary/aromatic N) is 3. The molecule has 0 unspecified atom stereocenters. The molecule has 3 rings (SSSR count). The van der Waals surface area contributed by atoms with Crippen molar-refractivity contribution in [3.05, 3.63) is 43.5 Å². The molecule has 1 aliphatic heterocycles. The van der Waals surface area contributed by atoms with E-state index in [1.54, 1.807) is 10.9 Å². The van der Waals surface area contributed by atoms with Crippen LogP contribution in [0, 0.1) is 5.82 Å². The molecule has 0 amide bonds. The largest absolute Gasteiger partial charge is 0.489 e. The van der Waals surface area contributed by atoms with Crippen LogP contribution in [0.3, 0.4) is 0 Å². The summed E-state index contributed by atoms with van der Waals surface area (Å²) >= 11 is 6.97. The fraction of sp³-hybridized carbons (Fsp3) is 0.333. The quantitative estimate of drug-likeness (QED) is 0.847. The van der Waals surface area contributed by atoms with Gasteiger partial charge in [0.05, 0.1) is 11.1 Å². The van der Waals surface area contributed by atoms with Gasteiger partial charge in [0.2, 0.25) is 4.80 Å². The van der Waals surface area contributed by atoms with Gasteiger partial charge < -0.3 is 4.74 Å². The van der Waals surface area contributed by atoms with Crippen molar-refractivity contribution < 1.29 is 9.13 Å². The molecule has 23 heavy (non-hydrogen) atoms. The van der Waals surface area contributed by atoms with E-state index in [4.69, 9.17) is 16.3 Å². The monoisotopic (exact) mass is 355 g/mol. The highest BCUT2D eigenvalue weighted by atomic mass is 35.5. The number of halogens is 2. The Hall–Kier alpha value is -1.86. The average Bonchev–Trinajstić information content (AvgIpc) is 2.81. The molecule has 0 fully saturated rings. The van der Waals surface area contributed by atoms with Crippen LogP contribution < -0.4 is 14.4 Å². The van der Waals surface area contributed by atoms with Crippen molar-refractivity contribution in [2.75, 3.05) is 0 Å². The van der Waals surface area contributed by atoms with E-state index in [-0.39, 0.29) is 21.7 Å². The van der Waals surface area contributed by atoms with Crippen LogP contribution in [0.2, 0.25) is 5.02 Å². The molecule has 0 atom stereocenters. The Bertz CT molecular complexity index is 895. The van der Waals surface area contributed by atoms with Crippen LogP contribution in [0.4, 0.5) is 10.1 Å². The molecule has 2 heterocycles. The number of allylic oxidation sites excluding steroid dienone is 1. The highest BCUT2D eigenvalue weighted by Crippen LogP contribution is 2.32. The Morgan fingerprint density at radius 1 is 1.43 bits per heavy atom. The van der Waals surface area contributed by atoms with Crippen LogP contribution in [-0.2, 0) is 6.54 Å². The van der Waals surface area contributed by atoms with Gasteiger partial charge in [-0.2, -0.15) is 0 Å². The van der Waals surface area contributed by atoms with Crippen LogP contribution >= 0.6 is 22.9 Å². The standard InChI is InChI=1S/C15H15ClFN3O2S/c1-9(2)22-13-8-12(11(17)7-10(13)16)18-14-19-5-3-4-6-20(19)15(21)23-14/h4,6-9H,3,5H2,1-2H3.